The largest absolute Gasteiger partial charge is 0.271 e. The summed E-state index contributed by atoms with van der Waals surface area (Å²) in [4.78, 5) is 5.46. The standard InChI is InChI=1S/C14H12ClN3S/c15-11-5-6-19-14(11)13(18-16)10-7-9-3-1-2-4-12(9)17-8-10/h1-8,13,18H,16H2. The van der Waals surface area contributed by atoms with Gasteiger partial charge in [0.15, 0.2) is 0 Å². The van der Waals surface area contributed by atoms with Crippen molar-refractivity contribution in [1.82, 2.24) is 10.4 Å². The highest BCUT2D eigenvalue weighted by Crippen LogP contribution is 2.32. The Morgan fingerprint density at radius 2 is 2.11 bits per heavy atom. The number of benzene rings is 1. The van der Waals surface area contributed by atoms with Gasteiger partial charge in [0.05, 0.1) is 16.6 Å². The number of hydrazine groups is 1. The number of nitrogens with one attached hydrogen (secondary N) is 1. The van der Waals surface area contributed by atoms with Crippen molar-refractivity contribution in [3.63, 3.8) is 0 Å². The Morgan fingerprint density at radius 3 is 2.84 bits per heavy atom. The number of para-hydroxylation sites is 1. The number of nitrogens with two attached hydrogens (primary N) is 1. The summed E-state index contributed by atoms with van der Waals surface area (Å²) in [5.41, 5.74) is 4.79. The van der Waals surface area contributed by atoms with Gasteiger partial charge in [-0.3, -0.25) is 10.8 Å². The lowest BCUT2D eigenvalue weighted by Gasteiger charge is -2.15. The third kappa shape index (κ3) is 2.35. The van der Waals surface area contributed by atoms with Gasteiger partial charge in [0.25, 0.3) is 0 Å². The quantitative estimate of drug-likeness (QED) is 0.573. The Labute approximate surface area is 120 Å². The Kier molecular flexibility index (Phi) is 3.48. The molecule has 3 rings (SSSR count). The van der Waals surface area contributed by atoms with E-state index in [0.29, 0.717) is 0 Å². The normalized spacial score (nSPS) is 12.7. The first-order valence-corrected chi connectivity index (χ1v) is 7.09. The summed E-state index contributed by atoms with van der Waals surface area (Å²) in [5.74, 6) is 5.68. The van der Waals surface area contributed by atoms with Crippen LogP contribution in [0.4, 0.5) is 0 Å². The molecule has 0 saturated carbocycles. The molecule has 0 saturated heterocycles. The lowest BCUT2D eigenvalue weighted by atomic mass is 10.1. The van der Waals surface area contributed by atoms with Crippen molar-refractivity contribution < 1.29 is 0 Å². The van der Waals surface area contributed by atoms with Crippen molar-refractivity contribution in [3.8, 4) is 0 Å². The molecule has 3 N–H and O–H groups in total. The number of fused-ring (bicyclic) bond motifs is 1. The Balaban J connectivity index is 2.09. The molecule has 1 atom stereocenters. The molecule has 0 aliphatic heterocycles. The molecule has 5 heteroatoms. The number of rotatable bonds is 3. The molecule has 0 bridgehead atoms. The van der Waals surface area contributed by atoms with Gasteiger partial charge in [-0.2, -0.15) is 0 Å². The molecule has 0 spiro atoms. The molecule has 96 valence electrons. The second-order valence-electron chi connectivity index (χ2n) is 4.19. The van der Waals surface area contributed by atoms with Crippen LogP contribution in [-0.4, -0.2) is 4.98 Å². The van der Waals surface area contributed by atoms with Crippen molar-refractivity contribution in [2.75, 3.05) is 0 Å². The maximum Gasteiger partial charge on any atom is 0.0832 e. The number of pyridine rings is 1. The number of thiophene rings is 1. The summed E-state index contributed by atoms with van der Waals surface area (Å²) in [6.45, 7) is 0. The molecule has 0 radical (unpaired) electrons. The topological polar surface area (TPSA) is 50.9 Å². The van der Waals surface area contributed by atoms with Crippen LogP contribution in [-0.2, 0) is 0 Å². The molecule has 3 nitrogen and oxygen atoms in total. The minimum absolute atomic E-state index is 0.135. The van der Waals surface area contributed by atoms with Crippen LogP contribution >= 0.6 is 22.9 Å². The van der Waals surface area contributed by atoms with Gasteiger partial charge in [0.1, 0.15) is 0 Å². The molecule has 1 aromatic carbocycles. The highest BCUT2D eigenvalue weighted by molar-refractivity contribution is 7.10. The molecule has 0 amide bonds. The molecular weight excluding hydrogens is 278 g/mol. The predicted octanol–water partition coefficient (Wildman–Crippen LogP) is 3.50. The van der Waals surface area contributed by atoms with Crippen molar-refractivity contribution in [2.24, 2.45) is 5.84 Å². The second-order valence-corrected chi connectivity index (χ2v) is 5.55. The lowest BCUT2D eigenvalue weighted by Crippen LogP contribution is -2.28. The zero-order valence-electron chi connectivity index (χ0n) is 10.0. The van der Waals surface area contributed by atoms with Gasteiger partial charge >= 0.3 is 0 Å². The highest BCUT2D eigenvalue weighted by Gasteiger charge is 2.17. The van der Waals surface area contributed by atoms with E-state index < -0.39 is 0 Å². The van der Waals surface area contributed by atoms with E-state index in [-0.39, 0.29) is 6.04 Å². The molecule has 0 fully saturated rings. The average molecular weight is 290 g/mol. The maximum absolute atomic E-state index is 6.18. The van der Waals surface area contributed by atoms with E-state index in [9.17, 15) is 0 Å². The second kappa shape index (κ2) is 5.27. The number of hydrogen-bond acceptors (Lipinski definition) is 4. The molecular formula is C14H12ClN3S. The molecule has 0 aliphatic carbocycles. The predicted molar refractivity (Wildman–Crippen MR) is 80.2 cm³/mol. The van der Waals surface area contributed by atoms with Crippen LogP contribution in [0.25, 0.3) is 10.9 Å². The number of hydrogen-bond donors (Lipinski definition) is 2. The minimum atomic E-state index is -0.135. The first-order chi connectivity index (χ1) is 9.29. The van der Waals surface area contributed by atoms with E-state index in [2.05, 4.69) is 16.5 Å². The summed E-state index contributed by atoms with van der Waals surface area (Å²) < 4.78 is 0. The summed E-state index contributed by atoms with van der Waals surface area (Å²) in [6, 6.07) is 11.8. The molecule has 1 unspecified atom stereocenters. The van der Waals surface area contributed by atoms with Gasteiger partial charge in [0.2, 0.25) is 0 Å². The lowest BCUT2D eigenvalue weighted by molar-refractivity contribution is 0.645. The van der Waals surface area contributed by atoms with Crippen LogP contribution in [0.15, 0.2) is 48.0 Å². The van der Waals surface area contributed by atoms with E-state index in [4.69, 9.17) is 17.4 Å². The van der Waals surface area contributed by atoms with Gasteiger partial charge < -0.3 is 0 Å². The van der Waals surface area contributed by atoms with Gasteiger partial charge in [-0.15, -0.1) is 11.3 Å². The smallest absolute Gasteiger partial charge is 0.0832 e. The SMILES string of the molecule is NNC(c1cnc2ccccc2c1)c1sccc1Cl. The van der Waals surface area contributed by atoms with E-state index >= 15 is 0 Å². The van der Waals surface area contributed by atoms with Crippen molar-refractivity contribution in [3.05, 3.63) is 63.4 Å². The maximum atomic E-state index is 6.18. The number of nitrogens with zero attached hydrogens (tertiary/aromatic N) is 1. The monoisotopic (exact) mass is 289 g/mol. The highest BCUT2D eigenvalue weighted by atomic mass is 35.5. The van der Waals surface area contributed by atoms with E-state index in [1.54, 1.807) is 11.3 Å². The van der Waals surface area contributed by atoms with Gasteiger partial charge in [-0.05, 0) is 29.1 Å². The Hall–Kier alpha value is -1.46. The molecule has 2 heterocycles. The zero-order valence-corrected chi connectivity index (χ0v) is 11.6. The van der Waals surface area contributed by atoms with Crippen LogP contribution in [0.5, 0.6) is 0 Å². The summed E-state index contributed by atoms with van der Waals surface area (Å²) >= 11 is 7.76. The summed E-state index contributed by atoms with van der Waals surface area (Å²) in [5, 5.41) is 3.77. The molecule has 0 aliphatic rings. The van der Waals surface area contributed by atoms with Crippen LogP contribution < -0.4 is 11.3 Å². The van der Waals surface area contributed by atoms with Crippen molar-refractivity contribution in [2.45, 2.75) is 6.04 Å². The Morgan fingerprint density at radius 1 is 1.26 bits per heavy atom. The third-order valence-corrected chi connectivity index (χ3v) is 4.44. The van der Waals surface area contributed by atoms with E-state index in [0.717, 1.165) is 26.4 Å². The number of aromatic nitrogens is 1. The molecule has 19 heavy (non-hydrogen) atoms. The average Bonchev–Trinajstić information content (AvgIpc) is 2.86. The summed E-state index contributed by atoms with van der Waals surface area (Å²) in [6.07, 6.45) is 1.84. The van der Waals surface area contributed by atoms with Crippen molar-refractivity contribution in [1.29, 1.82) is 0 Å². The van der Waals surface area contributed by atoms with Crippen LogP contribution in [0, 0.1) is 0 Å². The Bertz CT molecular complexity index is 710. The molecule has 2 aromatic heterocycles. The fraction of sp³-hybridized carbons (Fsp3) is 0.0714. The van der Waals surface area contributed by atoms with E-state index in [1.165, 1.54) is 0 Å². The van der Waals surface area contributed by atoms with Gasteiger partial charge in [-0.25, -0.2) is 5.43 Å². The third-order valence-electron chi connectivity index (χ3n) is 3.02. The fourth-order valence-corrected chi connectivity index (χ4v) is 3.33. The first-order valence-electron chi connectivity index (χ1n) is 5.83. The van der Waals surface area contributed by atoms with E-state index in [1.807, 2.05) is 41.9 Å². The number of halogens is 1. The van der Waals surface area contributed by atoms with Crippen LogP contribution in [0.3, 0.4) is 0 Å². The van der Waals surface area contributed by atoms with Crippen LogP contribution in [0.1, 0.15) is 16.5 Å². The summed E-state index contributed by atoms with van der Waals surface area (Å²) in [7, 11) is 0. The van der Waals surface area contributed by atoms with Gasteiger partial charge in [-0.1, -0.05) is 29.8 Å². The van der Waals surface area contributed by atoms with Crippen molar-refractivity contribution >= 4 is 33.8 Å². The van der Waals surface area contributed by atoms with Crippen LogP contribution in [0.2, 0.25) is 5.02 Å². The minimum Gasteiger partial charge on any atom is -0.271 e. The van der Waals surface area contributed by atoms with Gasteiger partial charge in [0, 0.05) is 16.5 Å². The first kappa shape index (κ1) is 12.6. The molecule has 3 aromatic rings. The fourth-order valence-electron chi connectivity index (χ4n) is 2.08. The zero-order chi connectivity index (χ0) is 13.2.